The highest BCUT2D eigenvalue weighted by molar-refractivity contribution is 6.21. The Bertz CT molecular complexity index is 1660. The van der Waals surface area contributed by atoms with Crippen molar-refractivity contribution in [2.75, 3.05) is 29.9 Å². The second-order valence-corrected chi connectivity index (χ2v) is 11.7. The largest absolute Gasteiger partial charge is 0.573 e. The van der Waals surface area contributed by atoms with Gasteiger partial charge in [0.1, 0.15) is 18.1 Å². The first-order valence-corrected chi connectivity index (χ1v) is 15.0. The molecule has 3 aliphatic heterocycles. The van der Waals surface area contributed by atoms with E-state index in [4.69, 9.17) is 0 Å². The van der Waals surface area contributed by atoms with Gasteiger partial charge < -0.3 is 20.3 Å². The van der Waals surface area contributed by atoms with Gasteiger partial charge in [-0.3, -0.25) is 14.5 Å². The molecule has 13 heteroatoms. The molecular weight excluding hydrogens is 606 g/mol. The molecule has 46 heavy (non-hydrogen) atoms. The molecule has 0 unspecified atom stereocenters. The Kier molecular flexibility index (Phi) is 8.65. The van der Waals surface area contributed by atoms with Crippen LogP contribution in [0.1, 0.15) is 36.8 Å². The third-order valence-electron chi connectivity index (χ3n) is 8.50. The quantitative estimate of drug-likeness (QED) is 0.339. The first-order valence-electron chi connectivity index (χ1n) is 15.0. The van der Waals surface area contributed by atoms with E-state index in [-0.39, 0.29) is 29.4 Å². The number of hydrogen-bond acceptors (Lipinski definition) is 5. The van der Waals surface area contributed by atoms with Crippen LogP contribution in [0.2, 0.25) is 0 Å². The number of benzene rings is 3. The maximum Gasteiger partial charge on any atom is 0.573 e. The topological polar surface area (TPSA) is 103 Å². The Morgan fingerprint density at radius 3 is 2.22 bits per heavy atom. The number of para-hydroxylation sites is 1. The lowest BCUT2D eigenvalue weighted by Crippen LogP contribution is -2.51. The number of rotatable bonds is 6. The lowest BCUT2D eigenvalue weighted by molar-refractivity contribution is -0.274. The molecule has 0 aromatic heterocycles. The Hall–Kier alpha value is -4.94. The maximum atomic E-state index is 15.2. The van der Waals surface area contributed by atoms with E-state index in [9.17, 15) is 27.6 Å². The van der Waals surface area contributed by atoms with Crippen molar-refractivity contribution in [2.24, 2.45) is 16.8 Å². The van der Waals surface area contributed by atoms with Crippen LogP contribution >= 0.6 is 0 Å². The van der Waals surface area contributed by atoms with Crippen molar-refractivity contribution in [1.82, 2.24) is 10.2 Å². The number of ether oxygens (including phenoxy) is 1. The second-order valence-electron chi connectivity index (χ2n) is 11.7. The summed E-state index contributed by atoms with van der Waals surface area (Å²) in [6, 6.07) is 16.2. The standard InChI is InChI=1S/C33H31F4N5O4/c34-26-10-3-1-8-24(26)29-25-9-2-4-11-27(25)42(19-28(43)41-17-20-12-13-21(18-41)15-14-20)31(44)30(39-29)40-32(45)38-22-6-5-7-23(16-22)46-33(35,36)37/h1-11,16,20-21,30H,12-15,17-19H2,(H2,38,40,45)/t20?,21?,30-/m0/s1. The van der Waals surface area contributed by atoms with Gasteiger partial charge in [-0.1, -0.05) is 36.4 Å². The number of nitrogens with zero attached hydrogens (tertiary/aromatic N) is 3. The predicted octanol–water partition coefficient (Wildman–Crippen LogP) is 5.70. The number of carbonyl (C=O) groups is 3. The highest BCUT2D eigenvalue weighted by atomic mass is 19.4. The van der Waals surface area contributed by atoms with E-state index in [1.54, 1.807) is 35.2 Å². The molecule has 240 valence electrons. The van der Waals surface area contributed by atoms with Crippen LogP contribution in [0.5, 0.6) is 5.75 Å². The first-order chi connectivity index (χ1) is 22.0. The van der Waals surface area contributed by atoms with E-state index >= 15 is 4.39 Å². The molecule has 2 bridgehead atoms. The van der Waals surface area contributed by atoms with Crippen molar-refractivity contribution >= 4 is 34.9 Å². The van der Waals surface area contributed by atoms with Crippen LogP contribution in [-0.2, 0) is 9.59 Å². The van der Waals surface area contributed by atoms with Crippen LogP contribution in [-0.4, -0.2) is 60.6 Å². The van der Waals surface area contributed by atoms with Crippen LogP contribution in [0.3, 0.4) is 0 Å². The van der Waals surface area contributed by atoms with E-state index in [0.29, 0.717) is 36.2 Å². The summed E-state index contributed by atoms with van der Waals surface area (Å²) in [5.41, 5.74) is 0.804. The average Bonchev–Trinajstić information content (AvgIpc) is 3.40. The first kappa shape index (κ1) is 31.1. The molecule has 4 aliphatic rings. The predicted molar refractivity (Wildman–Crippen MR) is 162 cm³/mol. The number of halogens is 4. The van der Waals surface area contributed by atoms with E-state index in [0.717, 1.165) is 37.8 Å². The lowest BCUT2D eigenvalue weighted by atomic mass is 9.84. The number of alkyl halides is 3. The minimum absolute atomic E-state index is 0.0512. The molecule has 0 radical (unpaired) electrons. The maximum absolute atomic E-state index is 15.2. The summed E-state index contributed by atoms with van der Waals surface area (Å²) < 4.78 is 57.2. The molecule has 1 aliphatic carbocycles. The van der Waals surface area contributed by atoms with Gasteiger partial charge in [-0.15, -0.1) is 13.2 Å². The number of aliphatic imine (C=N–C) groups is 1. The molecule has 3 fully saturated rings. The summed E-state index contributed by atoms with van der Waals surface area (Å²) in [6.07, 6.45) is -2.31. The molecule has 2 N–H and O–H groups in total. The molecule has 2 saturated heterocycles. The molecule has 3 heterocycles. The van der Waals surface area contributed by atoms with Crippen molar-refractivity contribution in [1.29, 1.82) is 0 Å². The molecular formula is C33H31F4N5O4. The fourth-order valence-corrected chi connectivity index (χ4v) is 6.35. The minimum atomic E-state index is -4.94. The molecule has 4 amide bonds. The van der Waals surface area contributed by atoms with Crippen molar-refractivity contribution < 1.29 is 36.7 Å². The smallest absolute Gasteiger partial charge is 0.406 e. The molecule has 7 rings (SSSR count). The van der Waals surface area contributed by atoms with Gasteiger partial charge in [0.15, 0.2) is 0 Å². The van der Waals surface area contributed by atoms with Crippen molar-refractivity contribution in [2.45, 2.75) is 38.2 Å². The average molecular weight is 638 g/mol. The van der Waals surface area contributed by atoms with Gasteiger partial charge in [0.05, 0.1) is 11.4 Å². The summed E-state index contributed by atoms with van der Waals surface area (Å²) in [6.45, 7) is 0.889. The number of hydrogen-bond donors (Lipinski definition) is 2. The van der Waals surface area contributed by atoms with E-state index in [1.807, 2.05) is 0 Å². The van der Waals surface area contributed by atoms with Crippen molar-refractivity contribution in [3.05, 3.63) is 89.7 Å². The number of urea groups is 1. The van der Waals surface area contributed by atoms with Crippen molar-refractivity contribution in [3.8, 4) is 5.75 Å². The summed E-state index contributed by atoms with van der Waals surface area (Å²) in [4.78, 5) is 48.6. The third-order valence-corrected chi connectivity index (χ3v) is 8.50. The van der Waals surface area contributed by atoms with Crippen LogP contribution < -0.4 is 20.3 Å². The van der Waals surface area contributed by atoms with Gasteiger partial charge in [-0.05, 0) is 67.9 Å². The zero-order valence-corrected chi connectivity index (χ0v) is 24.6. The number of amides is 4. The van der Waals surface area contributed by atoms with E-state index < -0.39 is 36.0 Å². The molecule has 1 atom stereocenters. The fraction of sp³-hybridized carbons (Fsp3) is 0.333. The molecule has 0 spiro atoms. The summed E-state index contributed by atoms with van der Waals surface area (Å²) in [7, 11) is 0. The van der Waals surface area contributed by atoms with Crippen LogP contribution in [0, 0.1) is 17.7 Å². The second kappa shape index (κ2) is 12.8. The Labute approximate surface area is 262 Å². The van der Waals surface area contributed by atoms with Gasteiger partial charge in [0.25, 0.3) is 5.91 Å². The molecule has 3 aromatic carbocycles. The summed E-state index contributed by atoms with van der Waals surface area (Å²) in [5.74, 6) is -1.35. The monoisotopic (exact) mass is 637 g/mol. The van der Waals surface area contributed by atoms with E-state index in [2.05, 4.69) is 20.4 Å². The summed E-state index contributed by atoms with van der Waals surface area (Å²) >= 11 is 0. The number of benzodiazepines with no additional fused rings is 1. The number of fused-ring (bicyclic) bond motifs is 5. The normalized spacial score (nSPS) is 21.1. The summed E-state index contributed by atoms with van der Waals surface area (Å²) in [5, 5.41) is 4.84. The lowest BCUT2D eigenvalue weighted by Gasteiger charge is -2.29. The SMILES string of the molecule is O=C(Nc1cccc(OC(F)(F)F)c1)N[C@@H]1N=C(c2ccccc2F)c2ccccc2N(CC(=O)N2CC3CCC(CC3)C2)C1=O. The highest BCUT2D eigenvalue weighted by Crippen LogP contribution is 2.35. The molecule has 3 aromatic rings. The van der Waals surface area contributed by atoms with Crippen LogP contribution in [0.15, 0.2) is 77.8 Å². The molecule has 9 nitrogen and oxygen atoms in total. The Morgan fingerprint density at radius 1 is 0.891 bits per heavy atom. The molecule has 1 saturated carbocycles. The Balaban J connectivity index is 1.32. The van der Waals surface area contributed by atoms with E-state index in [1.165, 1.54) is 35.2 Å². The zero-order valence-electron chi connectivity index (χ0n) is 24.6. The zero-order chi connectivity index (χ0) is 32.4. The van der Waals surface area contributed by atoms with Crippen molar-refractivity contribution in [3.63, 3.8) is 0 Å². The van der Waals surface area contributed by atoms with Gasteiger partial charge in [-0.25, -0.2) is 14.2 Å². The van der Waals surface area contributed by atoms with Crippen LogP contribution in [0.4, 0.5) is 33.7 Å². The number of anilines is 2. The van der Waals surface area contributed by atoms with Gasteiger partial charge >= 0.3 is 12.4 Å². The fourth-order valence-electron chi connectivity index (χ4n) is 6.35. The van der Waals surface area contributed by atoms with Crippen LogP contribution in [0.25, 0.3) is 0 Å². The Morgan fingerprint density at radius 2 is 1.54 bits per heavy atom. The van der Waals surface area contributed by atoms with Gasteiger partial charge in [0.2, 0.25) is 12.1 Å². The van der Waals surface area contributed by atoms with Gasteiger partial charge in [-0.2, -0.15) is 0 Å². The van der Waals surface area contributed by atoms with Gasteiger partial charge in [0, 0.05) is 36.0 Å². The number of carbonyl (C=O) groups excluding carboxylic acids is 3. The number of nitrogens with one attached hydrogen (secondary N) is 2. The third kappa shape index (κ3) is 6.98. The highest BCUT2D eigenvalue weighted by Gasteiger charge is 2.37. The minimum Gasteiger partial charge on any atom is -0.406 e.